The van der Waals surface area contributed by atoms with Gasteiger partial charge >= 0.3 is 0 Å². The van der Waals surface area contributed by atoms with Crippen LogP contribution in [0.15, 0.2) is 28.7 Å². The van der Waals surface area contributed by atoms with E-state index in [1.54, 1.807) is 0 Å². The molecule has 3 heterocycles. The van der Waals surface area contributed by atoms with Gasteiger partial charge in [-0.05, 0) is 69.2 Å². The molecule has 0 saturated carbocycles. The molecule has 0 radical (unpaired) electrons. The summed E-state index contributed by atoms with van der Waals surface area (Å²) in [6.45, 7) is 10.2. The van der Waals surface area contributed by atoms with Crippen molar-refractivity contribution in [1.82, 2.24) is 20.0 Å². The number of likely N-dealkylation sites (tertiary alicyclic amines) is 2. The first-order valence-electron chi connectivity index (χ1n) is 11.9. The van der Waals surface area contributed by atoms with Gasteiger partial charge in [0, 0.05) is 25.4 Å². The zero-order valence-corrected chi connectivity index (χ0v) is 19.2. The first-order valence-corrected chi connectivity index (χ1v) is 11.9. The molecule has 2 saturated heterocycles. The SMILES string of the molecule is Cc1ccccc1CN1CCC(c2nnc(C3CCCCN3C(=O)CC(C)C)o2)CC1. The Balaban J connectivity index is 1.36. The zero-order valence-electron chi connectivity index (χ0n) is 19.2. The van der Waals surface area contributed by atoms with E-state index in [1.807, 2.05) is 4.90 Å². The van der Waals surface area contributed by atoms with Crippen molar-refractivity contribution in [2.75, 3.05) is 19.6 Å². The van der Waals surface area contributed by atoms with Crippen molar-refractivity contribution in [3.8, 4) is 0 Å². The summed E-state index contributed by atoms with van der Waals surface area (Å²) in [5.74, 6) is 2.28. The highest BCUT2D eigenvalue weighted by molar-refractivity contribution is 5.76. The van der Waals surface area contributed by atoms with E-state index in [-0.39, 0.29) is 11.9 Å². The average molecular weight is 425 g/mol. The van der Waals surface area contributed by atoms with Gasteiger partial charge in [-0.25, -0.2) is 0 Å². The normalized spacial score (nSPS) is 21.0. The van der Waals surface area contributed by atoms with E-state index < -0.39 is 0 Å². The van der Waals surface area contributed by atoms with Crippen LogP contribution in [0.5, 0.6) is 0 Å². The monoisotopic (exact) mass is 424 g/mol. The Hall–Kier alpha value is -2.21. The third-order valence-electron chi connectivity index (χ3n) is 6.74. The summed E-state index contributed by atoms with van der Waals surface area (Å²) < 4.78 is 6.19. The second-order valence-corrected chi connectivity index (χ2v) is 9.65. The molecule has 6 heteroatoms. The molecule has 0 spiro atoms. The van der Waals surface area contributed by atoms with E-state index in [4.69, 9.17) is 4.42 Å². The molecule has 168 valence electrons. The quantitative estimate of drug-likeness (QED) is 0.663. The predicted octanol–water partition coefficient (Wildman–Crippen LogP) is 4.86. The number of piperidine rings is 2. The van der Waals surface area contributed by atoms with Gasteiger partial charge < -0.3 is 9.32 Å². The van der Waals surface area contributed by atoms with Gasteiger partial charge in [0.05, 0.1) is 0 Å². The molecule has 1 atom stereocenters. The molecule has 2 aromatic rings. The summed E-state index contributed by atoms with van der Waals surface area (Å²) >= 11 is 0. The summed E-state index contributed by atoms with van der Waals surface area (Å²) in [5, 5.41) is 8.82. The Morgan fingerprint density at radius 1 is 1.06 bits per heavy atom. The van der Waals surface area contributed by atoms with E-state index in [0.29, 0.717) is 24.1 Å². The van der Waals surface area contributed by atoms with E-state index >= 15 is 0 Å². The van der Waals surface area contributed by atoms with E-state index in [0.717, 1.165) is 64.2 Å². The van der Waals surface area contributed by atoms with Gasteiger partial charge in [0.2, 0.25) is 17.7 Å². The molecule has 1 aromatic carbocycles. The number of amides is 1. The van der Waals surface area contributed by atoms with Crippen molar-refractivity contribution in [2.24, 2.45) is 5.92 Å². The Bertz CT molecular complexity index is 870. The predicted molar refractivity (Wildman–Crippen MR) is 120 cm³/mol. The van der Waals surface area contributed by atoms with E-state index in [2.05, 4.69) is 60.1 Å². The van der Waals surface area contributed by atoms with Crippen molar-refractivity contribution in [2.45, 2.75) is 77.8 Å². The van der Waals surface area contributed by atoms with E-state index in [1.165, 1.54) is 11.1 Å². The topological polar surface area (TPSA) is 62.5 Å². The highest BCUT2D eigenvalue weighted by Gasteiger charge is 2.33. The summed E-state index contributed by atoms with van der Waals surface area (Å²) in [4.78, 5) is 17.2. The van der Waals surface area contributed by atoms with Crippen LogP contribution >= 0.6 is 0 Å². The van der Waals surface area contributed by atoms with Gasteiger partial charge in [-0.1, -0.05) is 38.1 Å². The van der Waals surface area contributed by atoms with Crippen molar-refractivity contribution in [3.05, 3.63) is 47.2 Å². The van der Waals surface area contributed by atoms with Gasteiger partial charge in [-0.3, -0.25) is 9.69 Å². The van der Waals surface area contributed by atoms with Crippen LogP contribution in [0.4, 0.5) is 0 Å². The van der Waals surface area contributed by atoms with Crippen LogP contribution in [-0.4, -0.2) is 45.5 Å². The van der Waals surface area contributed by atoms with E-state index in [9.17, 15) is 4.79 Å². The Morgan fingerprint density at radius 3 is 2.55 bits per heavy atom. The molecule has 1 amide bonds. The van der Waals surface area contributed by atoms with Crippen LogP contribution in [0.25, 0.3) is 0 Å². The van der Waals surface area contributed by atoms with Gasteiger partial charge in [0.25, 0.3) is 0 Å². The van der Waals surface area contributed by atoms with Gasteiger partial charge in [0.1, 0.15) is 6.04 Å². The second kappa shape index (κ2) is 9.94. The fourth-order valence-electron chi connectivity index (χ4n) is 4.87. The zero-order chi connectivity index (χ0) is 21.8. The lowest BCUT2D eigenvalue weighted by molar-refractivity contribution is -0.136. The molecule has 2 fully saturated rings. The number of rotatable bonds is 6. The van der Waals surface area contributed by atoms with Gasteiger partial charge in [0.15, 0.2) is 0 Å². The van der Waals surface area contributed by atoms with Crippen LogP contribution in [0, 0.1) is 12.8 Å². The van der Waals surface area contributed by atoms with Crippen LogP contribution in [0.1, 0.15) is 87.2 Å². The second-order valence-electron chi connectivity index (χ2n) is 9.65. The van der Waals surface area contributed by atoms with Crippen molar-refractivity contribution in [1.29, 1.82) is 0 Å². The first-order chi connectivity index (χ1) is 15.0. The molecule has 31 heavy (non-hydrogen) atoms. The Morgan fingerprint density at radius 2 is 1.81 bits per heavy atom. The fourth-order valence-corrected chi connectivity index (χ4v) is 4.87. The molecule has 6 nitrogen and oxygen atoms in total. The number of carbonyl (C=O) groups excluding carboxylic acids is 1. The molecule has 0 aliphatic carbocycles. The van der Waals surface area contributed by atoms with Crippen molar-refractivity contribution < 1.29 is 9.21 Å². The minimum Gasteiger partial charge on any atom is -0.423 e. The highest BCUT2D eigenvalue weighted by Crippen LogP contribution is 2.34. The summed E-state index contributed by atoms with van der Waals surface area (Å²) in [7, 11) is 0. The summed E-state index contributed by atoms with van der Waals surface area (Å²) in [6, 6.07) is 8.57. The molecule has 4 rings (SSSR count). The van der Waals surface area contributed by atoms with Crippen LogP contribution in [0.3, 0.4) is 0 Å². The highest BCUT2D eigenvalue weighted by atomic mass is 16.4. The van der Waals surface area contributed by atoms with Crippen LogP contribution in [0.2, 0.25) is 0 Å². The largest absolute Gasteiger partial charge is 0.423 e. The van der Waals surface area contributed by atoms with Crippen LogP contribution < -0.4 is 0 Å². The maximum absolute atomic E-state index is 12.7. The van der Waals surface area contributed by atoms with Crippen LogP contribution in [-0.2, 0) is 11.3 Å². The minimum atomic E-state index is -0.0533. The molecule has 2 aliphatic heterocycles. The molecule has 2 aliphatic rings. The first kappa shape index (κ1) is 22.0. The molecule has 1 unspecified atom stereocenters. The minimum absolute atomic E-state index is 0.0533. The van der Waals surface area contributed by atoms with Gasteiger partial charge in [-0.15, -0.1) is 10.2 Å². The standard InChI is InChI=1S/C25H36N4O2/c1-18(2)16-23(30)29-13-7-6-10-22(29)25-27-26-24(31-25)20-11-14-28(15-12-20)17-21-9-5-4-8-19(21)3/h4-5,8-9,18,20,22H,6-7,10-17H2,1-3H3. The molecular formula is C25H36N4O2. The smallest absolute Gasteiger partial charge is 0.238 e. The number of hydrogen-bond acceptors (Lipinski definition) is 5. The van der Waals surface area contributed by atoms with Crippen molar-refractivity contribution >= 4 is 5.91 Å². The average Bonchev–Trinajstić information content (AvgIpc) is 3.25. The maximum Gasteiger partial charge on any atom is 0.238 e. The number of nitrogens with zero attached hydrogens (tertiary/aromatic N) is 4. The summed E-state index contributed by atoms with van der Waals surface area (Å²) in [6.07, 6.45) is 5.73. The lowest BCUT2D eigenvalue weighted by Gasteiger charge is -2.34. The maximum atomic E-state index is 12.7. The Kier molecular flexibility index (Phi) is 7.06. The molecule has 1 aromatic heterocycles. The Labute approximate surface area is 186 Å². The molecule has 0 bridgehead atoms. The van der Waals surface area contributed by atoms with Gasteiger partial charge in [-0.2, -0.15) is 0 Å². The lowest BCUT2D eigenvalue weighted by atomic mass is 9.96. The third-order valence-corrected chi connectivity index (χ3v) is 6.74. The number of carbonyl (C=O) groups is 1. The summed E-state index contributed by atoms with van der Waals surface area (Å²) in [5.41, 5.74) is 2.76. The number of hydrogen-bond donors (Lipinski definition) is 0. The molecular weight excluding hydrogens is 388 g/mol. The third kappa shape index (κ3) is 5.35. The number of aromatic nitrogens is 2. The number of aryl methyl sites for hydroxylation is 1. The fraction of sp³-hybridized carbons (Fsp3) is 0.640. The van der Waals surface area contributed by atoms with Crippen molar-refractivity contribution in [3.63, 3.8) is 0 Å². The lowest BCUT2D eigenvalue weighted by Crippen LogP contribution is -2.39. The molecule has 0 N–H and O–H groups in total. The number of benzene rings is 1.